The Morgan fingerprint density at radius 2 is 1.76 bits per heavy atom. The number of imidazole rings is 1. The molecule has 0 bridgehead atoms. The highest BCUT2D eigenvalue weighted by Crippen LogP contribution is 2.28. The molecular formula is C23H26N4O2. The summed E-state index contributed by atoms with van der Waals surface area (Å²) in [4.78, 5) is 29.5. The summed E-state index contributed by atoms with van der Waals surface area (Å²) in [6.45, 7) is 4.36. The van der Waals surface area contributed by atoms with Crippen LogP contribution in [0.25, 0.3) is 11.3 Å². The van der Waals surface area contributed by atoms with Gasteiger partial charge in [0.15, 0.2) is 0 Å². The Morgan fingerprint density at radius 3 is 2.48 bits per heavy atom. The lowest BCUT2D eigenvalue weighted by Crippen LogP contribution is -2.36. The largest absolute Gasteiger partial charge is 0.326 e. The van der Waals surface area contributed by atoms with Crippen molar-refractivity contribution >= 4 is 11.6 Å². The Morgan fingerprint density at radius 1 is 1.07 bits per heavy atom. The lowest BCUT2D eigenvalue weighted by Gasteiger charge is -2.32. The van der Waals surface area contributed by atoms with Gasteiger partial charge in [0.05, 0.1) is 11.4 Å². The van der Waals surface area contributed by atoms with Crippen LogP contribution in [0.1, 0.15) is 31.4 Å². The Balaban J connectivity index is 1.47. The second kappa shape index (κ2) is 8.49. The molecule has 0 spiro atoms. The number of benzene rings is 2. The highest BCUT2D eigenvalue weighted by atomic mass is 16.1. The van der Waals surface area contributed by atoms with Crippen LogP contribution in [0.15, 0.2) is 65.6 Å². The van der Waals surface area contributed by atoms with Crippen LogP contribution in [0.4, 0.5) is 5.69 Å². The van der Waals surface area contributed by atoms with Gasteiger partial charge in [-0.2, -0.15) is 0 Å². The molecule has 0 radical (unpaired) electrons. The number of anilines is 1. The van der Waals surface area contributed by atoms with Crippen LogP contribution in [0.2, 0.25) is 0 Å². The quantitative estimate of drug-likeness (QED) is 0.699. The van der Waals surface area contributed by atoms with E-state index in [1.165, 1.54) is 12.5 Å². The minimum absolute atomic E-state index is 0.0980. The highest BCUT2D eigenvalue weighted by molar-refractivity contribution is 5.93. The topological polar surface area (TPSA) is 70.1 Å². The van der Waals surface area contributed by atoms with Crippen molar-refractivity contribution < 1.29 is 4.79 Å². The van der Waals surface area contributed by atoms with Crippen LogP contribution < -0.4 is 11.0 Å². The molecule has 2 heterocycles. The lowest BCUT2D eigenvalue weighted by atomic mass is 10.0. The van der Waals surface area contributed by atoms with Crippen LogP contribution in [0.3, 0.4) is 0 Å². The fraction of sp³-hybridized carbons (Fsp3) is 0.304. The van der Waals surface area contributed by atoms with Gasteiger partial charge in [0.1, 0.15) is 0 Å². The summed E-state index contributed by atoms with van der Waals surface area (Å²) in [5, 5.41) is 2.83. The second-order valence-electron chi connectivity index (χ2n) is 7.60. The first-order valence-electron chi connectivity index (χ1n) is 10.0. The zero-order chi connectivity index (χ0) is 20.2. The number of carbonyl (C=O) groups is 1. The van der Waals surface area contributed by atoms with E-state index in [-0.39, 0.29) is 17.6 Å². The average Bonchev–Trinajstić information content (AvgIpc) is 3.11. The van der Waals surface area contributed by atoms with Crippen molar-refractivity contribution in [2.75, 3.05) is 18.4 Å². The molecule has 1 aliphatic heterocycles. The summed E-state index contributed by atoms with van der Waals surface area (Å²) >= 11 is 0. The molecule has 4 rings (SSSR count). The molecule has 0 atom stereocenters. The number of para-hydroxylation sites is 1. The number of hydrogen-bond donors (Lipinski definition) is 2. The smallest absolute Gasteiger partial charge is 0.326 e. The van der Waals surface area contributed by atoms with Crippen molar-refractivity contribution in [2.24, 2.45) is 0 Å². The zero-order valence-electron chi connectivity index (χ0n) is 16.6. The number of aromatic nitrogens is 2. The number of rotatable bonds is 5. The molecule has 0 aliphatic carbocycles. The monoisotopic (exact) mass is 390 g/mol. The van der Waals surface area contributed by atoms with Crippen LogP contribution in [0.5, 0.6) is 0 Å². The Hall–Kier alpha value is -3.12. The van der Waals surface area contributed by atoms with Gasteiger partial charge in [-0.1, -0.05) is 48.5 Å². The Labute approximate surface area is 170 Å². The van der Waals surface area contributed by atoms with Crippen LogP contribution in [-0.2, 0) is 11.3 Å². The molecule has 0 unspecified atom stereocenters. The molecule has 3 aromatic rings. The summed E-state index contributed by atoms with van der Waals surface area (Å²) in [5.41, 5.74) is 3.47. The van der Waals surface area contributed by atoms with Crippen LogP contribution in [-0.4, -0.2) is 33.4 Å². The number of likely N-dealkylation sites (tertiary alicyclic amines) is 1. The molecule has 6 heteroatoms. The molecule has 1 saturated heterocycles. The number of carbonyl (C=O) groups excluding carboxylic acids is 1. The van der Waals surface area contributed by atoms with Crippen LogP contribution in [0, 0.1) is 0 Å². The third-order valence-corrected chi connectivity index (χ3v) is 5.47. The van der Waals surface area contributed by atoms with E-state index in [4.69, 9.17) is 0 Å². The molecule has 29 heavy (non-hydrogen) atoms. The minimum Gasteiger partial charge on any atom is -0.326 e. The average molecular weight is 390 g/mol. The van der Waals surface area contributed by atoms with E-state index in [1.807, 2.05) is 41.1 Å². The van der Waals surface area contributed by atoms with E-state index >= 15 is 0 Å². The second-order valence-corrected chi connectivity index (χ2v) is 7.60. The van der Waals surface area contributed by atoms with Crippen molar-refractivity contribution in [3.63, 3.8) is 0 Å². The molecule has 1 amide bonds. The maximum atomic E-state index is 12.6. The van der Waals surface area contributed by atoms with Crippen molar-refractivity contribution in [1.82, 2.24) is 14.5 Å². The Kier molecular flexibility index (Phi) is 5.62. The van der Waals surface area contributed by atoms with Crippen molar-refractivity contribution in [2.45, 2.75) is 32.4 Å². The molecule has 1 aliphatic rings. The van der Waals surface area contributed by atoms with E-state index in [0.29, 0.717) is 5.69 Å². The molecule has 1 fully saturated rings. The van der Waals surface area contributed by atoms with E-state index in [0.717, 1.165) is 43.7 Å². The summed E-state index contributed by atoms with van der Waals surface area (Å²) < 4.78 is 1.82. The Bertz CT molecular complexity index is 1030. The van der Waals surface area contributed by atoms with E-state index < -0.39 is 0 Å². The maximum absolute atomic E-state index is 12.6. The molecular weight excluding hydrogens is 364 g/mol. The molecule has 2 N–H and O–H groups in total. The van der Waals surface area contributed by atoms with Crippen molar-refractivity contribution in [3.8, 4) is 11.3 Å². The summed E-state index contributed by atoms with van der Waals surface area (Å²) in [5.74, 6) is -0.134. The van der Waals surface area contributed by atoms with E-state index in [2.05, 4.69) is 39.5 Å². The number of H-pyrrole nitrogens is 1. The number of nitrogens with one attached hydrogen (secondary N) is 2. The van der Waals surface area contributed by atoms with Gasteiger partial charge in [-0.3, -0.25) is 14.3 Å². The lowest BCUT2D eigenvalue weighted by molar-refractivity contribution is -0.114. The fourth-order valence-electron chi connectivity index (χ4n) is 4.03. The van der Waals surface area contributed by atoms with Gasteiger partial charge in [-0.25, -0.2) is 4.79 Å². The van der Waals surface area contributed by atoms with Crippen molar-refractivity contribution in [1.29, 1.82) is 0 Å². The fourth-order valence-corrected chi connectivity index (χ4v) is 4.03. The van der Waals surface area contributed by atoms with E-state index in [1.54, 1.807) is 0 Å². The normalized spacial score (nSPS) is 15.3. The maximum Gasteiger partial charge on any atom is 0.326 e. The van der Waals surface area contributed by atoms with Gasteiger partial charge in [-0.05, 0) is 24.5 Å². The predicted octanol–water partition coefficient (Wildman–Crippen LogP) is 3.64. The van der Waals surface area contributed by atoms with Gasteiger partial charge in [0, 0.05) is 44.4 Å². The molecule has 2 aromatic carbocycles. The van der Waals surface area contributed by atoms with Gasteiger partial charge < -0.3 is 10.3 Å². The highest BCUT2D eigenvalue weighted by Gasteiger charge is 2.23. The zero-order valence-corrected chi connectivity index (χ0v) is 16.6. The number of aromatic amines is 1. The third-order valence-electron chi connectivity index (χ3n) is 5.47. The number of hydrogen-bond acceptors (Lipinski definition) is 3. The molecule has 150 valence electrons. The van der Waals surface area contributed by atoms with Gasteiger partial charge in [0.25, 0.3) is 0 Å². The van der Waals surface area contributed by atoms with Gasteiger partial charge in [0.2, 0.25) is 5.91 Å². The molecule has 0 saturated carbocycles. The standard InChI is InChI=1S/C23H26N4O2/c1-17(28)24-21-10-6-5-9-20(21)22-16-27(23(29)25-22)19-11-13-26(14-12-19)15-18-7-3-2-4-8-18/h2-10,16,19H,11-15H2,1H3,(H,24,28)(H,25,29). The first-order valence-corrected chi connectivity index (χ1v) is 10.0. The SMILES string of the molecule is CC(=O)Nc1ccccc1-c1cn(C2CCN(Cc3ccccc3)CC2)c(=O)[nH]1. The first kappa shape index (κ1) is 19.2. The first-order chi connectivity index (χ1) is 14.1. The third kappa shape index (κ3) is 4.49. The predicted molar refractivity (Wildman–Crippen MR) is 115 cm³/mol. The number of piperidine rings is 1. The summed E-state index contributed by atoms with van der Waals surface area (Å²) in [6, 6.07) is 18.2. The van der Waals surface area contributed by atoms with Gasteiger partial charge in [-0.15, -0.1) is 0 Å². The van der Waals surface area contributed by atoms with Gasteiger partial charge >= 0.3 is 5.69 Å². The number of nitrogens with zero attached hydrogens (tertiary/aromatic N) is 2. The summed E-state index contributed by atoms with van der Waals surface area (Å²) in [7, 11) is 0. The molecule has 1 aromatic heterocycles. The van der Waals surface area contributed by atoms with Crippen LogP contribution >= 0.6 is 0 Å². The number of amides is 1. The van der Waals surface area contributed by atoms with Crippen molar-refractivity contribution in [3.05, 3.63) is 76.8 Å². The minimum atomic E-state index is -0.134. The molecule has 6 nitrogen and oxygen atoms in total. The summed E-state index contributed by atoms with van der Waals surface area (Å²) in [6.07, 6.45) is 3.77. The van der Waals surface area contributed by atoms with E-state index in [9.17, 15) is 9.59 Å².